The monoisotopic (exact) mass is 398 g/mol. The summed E-state index contributed by atoms with van der Waals surface area (Å²) in [5.74, 6) is 0. The fourth-order valence-electron chi connectivity index (χ4n) is 3.06. The first-order chi connectivity index (χ1) is 9.39. The zero-order chi connectivity index (χ0) is 14.5. The fraction of sp³-hybridized carbons (Fsp3) is 0.667. The highest BCUT2D eigenvalue weighted by Crippen LogP contribution is 2.37. The van der Waals surface area contributed by atoms with Crippen LogP contribution >= 0.6 is 38.9 Å². The number of fused-ring (bicyclic) bond motifs is 1. The molecule has 2 aliphatic rings. The number of nitrogens with zero attached hydrogens (tertiary/aromatic N) is 2. The zero-order valence-corrected chi connectivity index (χ0v) is 15.0. The molecule has 2 fully saturated rings. The van der Waals surface area contributed by atoms with E-state index in [1.54, 1.807) is 10.4 Å². The number of hydrogen-bond donors (Lipinski definition) is 0. The molecule has 0 aromatic carbocycles. The van der Waals surface area contributed by atoms with Gasteiger partial charge in [-0.2, -0.15) is 4.31 Å². The minimum atomic E-state index is -3.44. The van der Waals surface area contributed by atoms with Gasteiger partial charge in [-0.3, -0.25) is 4.90 Å². The van der Waals surface area contributed by atoms with Gasteiger partial charge in [-0.15, -0.1) is 11.3 Å². The molecule has 0 amide bonds. The van der Waals surface area contributed by atoms with Crippen LogP contribution in [0.1, 0.15) is 19.8 Å². The molecule has 0 spiro atoms. The van der Waals surface area contributed by atoms with E-state index in [1.165, 1.54) is 17.8 Å². The molecule has 0 aliphatic carbocycles. The summed E-state index contributed by atoms with van der Waals surface area (Å²) in [5.41, 5.74) is 0. The third-order valence-corrected chi connectivity index (χ3v) is 8.97. The van der Waals surface area contributed by atoms with E-state index in [4.69, 9.17) is 11.6 Å². The van der Waals surface area contributed by atoms with Crippen LogP contribution in [0.15, 0.2) is 14.1 Å². The predicted octanol–water partition coefficient (Wildman–Crippen LogP) is 3.02. The third kappa shape index (κ3) is 2.57. The number of piperazine rings is 1. The van der Waals surface area contributed by atoms with Gasteiger partial charge in [0, 0.05) is 25.2 Å². The van der Waals surface area contributed by atoms with Gasteiger partial charge in [-0.25, -0.2) is 8.42 Å². The van der Waals surface area contributed by atoms with Gasteiger partial charge in [0.25, 0.3) is 10.0 Å². The van der Waals surface area contributed by atoms with E-state index in [2.05, 4.69) is 20.8 Å². The Hall–Kier alpha value is 0.340. The van der Waals surface area contributed by atoms with E-state index in [0.29, 0.717) is 25.6 Å². The van der Waals surface area contributed by atoms with Crippen molar-refractivity contribution < 1.29 is 8.42 Å². The van der Waals surface area contributed by atoms with Gasteiger partial charge in [-0.05, 0) is 48.3 Å². The second-order valence-corrected chi connectivity index (χ2v) is 10.3. The first kappa shape index (κ1) is 15.2. The molecule has 2 atom stereocenters. The highest BCUT2D eigenvalue weighted by molar-refractivity contribution is 9.11. The molecule has 3 rings (SSSR count). The lowest BCUT2D eigenvalue weighted by molar-refractivity contribution is 0.117. The topological polar surface area (TPSA) is 40.6 Å². The van der Waals surface area contributed by atoms with Crippen LogP contribution in [0.2, 0.25) is 5.02 Å². The average molecular weight is 400 g/mol. The Balaban J connectivity index is 1.90. The number of rotatable bonds is 2. The van der Waals surface area contributed by atoms with E-state index in [9.17, 15) is 8.42 Å². The number of hydrogen-bond acceptors (Lipinski definition) is 4. The molecular weight excluding hydrogens is 384 g/mol. The lowest BCUT2D eigenvalue weighted by Gasteiger charge is -2.41. The summed E-state index contributed by atoms with van der Waals surface area (Å²) in [6.07, 6.45) is 2.26. The Morgan fingerprint density at radius 2 is 2.20 bits per heavy atom. The lowest BCUT2D eigenvalue weighted by Crippen LogP contribution is -2.56. The van der Waals surface area contributed by atoms with Crippen molar-refractivity contribution in [1.82, 2.24) is 9.21 Å². The van der Waals surface area contributed by atoms with Gasteiger partial charge < -0.3 is 0 Å². The van der Waals surface area contributed by atoms with Gasteiger partial charge >= 0.3 is 0 Å². The maximum atomic E-state index is 12.8. The molecule has 0 radical (unpaired) electrons. The molecule has 112 valence electrons. The van der Waals surface area contributed by atoms with Crippen LogP contribution in [-0.2, 0) is 10.0 Å². The summed E-state index contributed by atoms with van der Waals surface area (Å²) in [6.45, 7) is 4.50. The van der Waals surface area contributed by atoms with Crippen molar-refractivity contribution in [1.29, 1.82) is 0 Å². The molecule has 2 saturated heterocycles. The highest BCUT2D eigenvalue weighted by Gasteiger charge is 2.40. The van der Waals surface area contributed by atoms with Gasteiger partial charge in [-0.1, -0.05) is 11.6 Å². The number of sulfonamides is 1. The van der Waals surface area contributed by atoms with Crippen molar-refractivity contribution in [3.05, 3.63) is 14.9 Å². The molecule has 8 heteroatoms. The molecule has 1 aromatic rings. The Morgan fingerprint density at radius 3 is 2.85 bits per heavy atom. The SMILES string of the molecule is CC1CN2CCCC2CN1S(=O)(=O)c1cc(Cl)c(Br)s1. The Bertz CT molecular complexity index is 599. The maximum absolute atomic E-state index is 12.8. The molecule has 4 nitrogen and oxygen atoms in total. The van der Waals surface area contributed by atoms with Crippen LogP contribution < -0.4 is 0 Å². The first-order valence-corrected chi connectivity index (χ1v) is 10.0. The van der Waals surface area contributed by atoms with Crippen molar-refractivity contribution in [3.8, 4) is 0 Å². The van der Waals surface area contributed by atoms with E-state index >= 15 is 0 Å². The fourth-order valence-corrected chi connectivity index (χ4v) is 7.25. The van der Waals surface area contributed by atoms with E-state index in [0.717, 1.165) is 19.5 Å². The van der Waals surface area contributed by atoms with E-state index in [1.807, 2.05) is 6.92 Å². The van der Waals surface area contributed by atoms with Crippen molar-refractivity contribution in [2.24, 2.45) is 0 Å². The van der Waals surface area contributed by atoms with Crippen molar-refractivity contribution in [2.45, 2.75) is 36.1 Å². The molecule has 0 saturated carbocycles. The Labute approximate surface area is 136 Å². The van der Waals surface area contributed by atoms with E-state index in [-0.39, 0.29) is 6.04 Å². The molecule has 1 aromatic heterocycles. The standard InChI is InChI=1S/C12H16BrClN2O2S2/c1-8-6-15-4-2-3-9(15)7-16(8)20(17,18)11-5-10(14)12(13)19-11/h5,8-9H,2-4,6-7H2,1H3. The van der Waals surface area contributed by atoms with Crippen LogP contribution in [0, 0.1) is 0 Å². The maximum Gasteiger partial charge on any atom is 0.252 e. The van der Waals surface area contributed by atoms with Gasteiger partial charge in [0.1, 0.15) is 4.21 Å². The summed E-state index contributed by atoms with van der Waals surface area (Å²) in [4.78, 5) is 2.41. The molecule has 20 heavy (non-hydrogen) atoms. The molecule has 0 N–H and O–H groups in total. The molecule has 2 aliphatic heterocycles. The predicted molar refractivity (Wildman–Crippen MR) is 85.0 cm³/mol. The summed E-state index contributed by atoms with van der Waals surface area (Å²) in [7, 11) is -3.44. The summed E-state index contributed by atoms with van der Waals surface area (Å²) in [5, 5.41) is 0.459. The van der Waals surface area contributed by atoms with Crippen LogP contribution in [-0.4, -0.2) is 49.3 Å². The van der Waals surface area contributed by atoms with Crippen LogP contribution in [0.5, 0.6) is 0 Å². The van der Waals surface area contributed by atoms with Gasteiger partial charge in [0.05, 0.1) is 8.81 Å². The second kappa shape index (κ2) is 5.52. The summed E-state index contributed by atoms with van der Waals surface area (Å²) < 4.78 is 28.2. The summed E-state index contributed by atoms with van der Waals surface area (Å²) >= 11 is 10.4. The Kier molecular flexibility index (Phi) is 4.20. The first-order valence-electron chi connectivity index (χ1n) is 6.60. The molecule has 3 heterocycles. The molecule has 2 unspecified atom stereocenters. The quantitative estimate of drug-likeness (QED) is 0.767. The smallest absolute Gasteiger partial charge is 0.252 e. The van der Waals surface area contributed by atoms with Crippen molar-refractivity contribution in [2.75, 3.05) is 19.6 Å². The van der Waals surface area contributed by atoms with Crippen molar-refractivity contribution in [3.63, 3.8) is 0 Å². The lowest BCUT2D eigenvalue weighted by atomic mass is 10.1. The number of thiophene rings is 1. The van der Waals surface area contributed by atoms with Crippen molar-refractivity contribution >= 4 is 48.9 Å². The normalized spacial score (nSPS) is 28.8. The number of halogens is 2. The van der Waals surface area contributed by atoms with Gasteiger partial charge in [0.2, 0.25) is 0 Å². The van der Waals surface area contributed by atoms with Crippen LogP contribution in [0.3, 0.4) is 0 Å². The van der Waals surface area contributed by atoms with Crippen LogP contribution in [0.25, 0.3) is 0 Å². The minimum absolute atomic E-state index is 0.00833. The van der Waals surface area contributed by atoms with E-state index < -0.39 is 10.0 Å². The second-order valence-electron chi connectivity index (χ2n) is 5.40. The molecular formula is C12H16BrClN2O2S2. The molecule has 0 bridgehead atoms. The largest absolute Gasteiger partial charge is 0.297 e. The highest BCUT2D eigenvalue weighted by atomic mass is 79.9. The minimum Gasteiger partial charge on any atom is -0.297 e. The van der Waals surface area contributed by atoms with Gasteiger partial charge in [0.15, 0.2) is 0 Å². The Morgan fingerprint density at radius 1 is 1.45 bits per heavy atom. The third-order valence-electron chi connectivity index (χ3n) is 4.07. The summed E-state index contributed by atoms with van der Waals surface area (Å²) in [6, 6.07) is 1.92. The zero-order valence-electron chi connectivity index (χ0n) is 11.1. The van der Waals surface area contributed by atoms with Crippen LogP contribution in [0.4, 0.5) is 0 Å². The average Bonchev–Trinajstić information content (AvgIpc) is 2.95.